The molecule has 7 heteroatoms. The summed E-state index contributed by atoms with van der Waals surface area (Å²) in [4.78, 5) is 11.7. The fourth-order valence-electron chi connectivity index (χ4n) is 2.34. The van der Waals surface area contributed by atoms with E-state index in [1.165, 1.54) is 13.0 Å². The maximum Gasteiger partial charge on any atom is 0.416 e. The summed E-state index contributed by atoms with van der Waals surface area (Å²) in [5, 5.41) is 7.05. The number of anilines is 1. The van der Waals surface area contributed by atoms with Crippen LogP contribution in [0.25, 0.3) is 0 Å². The van der Waals surface area contributed by atoms with Crippen molar-refractivity contribution >= 4 is 18.4 Å². The number of fused-ring (bicyclic) bond motifs is 1. The zero-order valence-corrected chi connectivity index (χ0v) is 10.4. The molecule has 0 fully saturated rings. The molecule has 1 N–H and O–H groups in total. The van der Waals surface area contributed by atoms with Gasteiger partial charge in [-0.3, -0.25) is 0 Å². The molecule has 1 unspecified atom stereocenters. The molecule has 0 aliphatic carbocycles. The lowest BCUT2D eigenvalue weighted by molar-refractivity contribution is -0.138. The topological polar surface area (TPSA) is 44.7 Å². The minimum atomic E-state index is -4.42. The van der Waals surface area contributed by atoms with Crippen molar-refractivity contribution in [2.75, 3.05) is 5.32 Å². The Morgan fingerprint density at radius 2 is 2.05 bits per heavy atom. The number of carbonyl (C=O) groups is 1. The summed E-state index contributed by atoms with van der Waals surface area (Å²) < 4.78 is 38.6. The Morgan fingerprint density at radius 3 is 2.58 bits per heavy atom. The van der Waals surface area contributed by atoms with Crippen molar-refractivity contribution in [1.29, 1.82) is 0 Å². The molecule has 0 saturated carbocycles. The fourth-order valence-corrected chi connectivity index (χ4v) is 2.34. The standard InChI is InChI=1S/C12H12F3N3O/c1-6-8(12(13,14)15)4-5-9-10(6)7(2)18(16-3)11(19)17-9/h4-5,7H,3H2,1-2H3,(H,17,19). The van der Waals surface area contributed by atoms with Crippen LogP contribution in [-0.2, 0) is 6.18 Å². The smallest absolute Gasteiger partial charge is 0.306 e. The first kappa shape index (κ1) is 13.4. The predicted molar refractivity (Wildman–Crippen MR) is 65.0 cm³/mol. The highest BCUT2D eigenvalue weighted by atomic mass is 19.4. The van der Waals surface area contributed by atoms with Gasteiger partial charge in [0.15, 0.2) is 0 Å². The van der Waals surface area contributed by atoms with E-state index < -0.39 is 23.8 Å². The zero-order chi connectivity index (χ0) is 14.4. The van der Waals surface area contributed by atoms with Crippen molar-refractivity contribution in [3.63, 3.8) is 0 Å². The molecule has 1 aliphatic rings. The van der Waals surface area contributed by atoms with Crippen LogP contribution in [-0.4, -0.2) is 17.8 Å². The zero-order valence-electron chi connectivity index (χ0n) is 10.4. The molecule has 1 aromatic rings. The van der Waals surface area contributed by atoms with E-state index in [0.717, 1.165) is 11.1 Å². The lowest BCUT2D eigenvalue weighted by atomic mass is 9.93. The van der Waals surface area contributed by atoms with Gasteiger partial charge in [-0.15, -0.1) is 0 Å². The number of carbonyl (C=O) groups excluding carboxylic acids is 1. The van der Waals surface area contributed by atoms with E-state index in [0.29, 0.717) is 11.3 Å². The average Bonchev–Trinajstić information content (AvgIpc) is 2.27. The minimum absolute atomic E-state index is 0.0890. The van der Waals surface area contributed by atoms with E-state index in [4.69, 9.17) is 0 Å². The number of rotatable bonds is 1. The largest absolute Gasteiger partial charge is 0.416 e. The van der Waals surface area contributed by atoms with Gasteiger partial charge >= 0.3 is 12.2 Å². The number of urea groups is 1. The summed E-state index contributed by atoms with van der Waals surface area (Å²) >= 11 is 0. The van der Waals surface area contributed by atoms with E-state index in [-0.39, 0.29) is 5.56 Å². The molecule has 2 amide bonds. The van der Waals surface area contributed by atoms with Gasteiger partial charge in [0.2, 0.25) is 0 Å². The van der Waals surface area contributed by atoms with Gasteiger partial charge in [0, 0.05) is 18.0 Å². The molecule has 1 aliphatic heterocycles. The van der Waals surface area contributed by atoms with E-state index in [1.807, 2.05) is 0 Å². The molecule has 2 rings (SSSR count). The fraction of sp³-hybridized carbons (Fsp3) is 0.333. The number of hydrogen-bond acceptors (Lipinski definition) is 2. The van der Waals surface area contributed by atoms with Gasteiger partial charge in [-0.25, -0.2) is 9.80 Å². The summed E-state index contributed by atoms with van der Waals surface area (Å²) in [6.45, 7) is 6.25. The number of amides is 2. The summed E-state index contributed by atoms with van der Waals surface area (Å²) in [7, 11) is 0. The molecule has 0 aromatic heterocycles. The Balaban J connectivity index is 2.63. The second-order valence-electron chi connectivity index (χ2n) is 4.29. The number of nitrogens with one attached hydrogen (secondary N) is 1. The molecule has 1 atom stereocenters. The van der Waals surface area contributed by atoms with Gasteiger partial charge in [-0.05, 0) is 31.5 Å². The Morgan fingerprint density at radius 1 is 1.42 bits per heavy atom. The van der Waals surface area contributed by atoms with Crippen LogP contribution in [0.15, 0.2) is 17.2 Å². The highest BCUT2D eigenvalue weighted by Gasteiger charge is 2.37. The van der Waals surface area contributed by atoms with Crippen molar-refractivity contribution in [2.45, 2.75) is 26.1 Å². The number of benzene rings is 1. The highest BCUT2D eigenvalue weighted by molar-refractivity contribution is 5.93. The lowest BCUT2D eigenvalue weighted by Gasteiger charge is -2.33. The predicted octanol–water partition coefficient (Wildman–Crippen LogP) is 3.54. The third kappa shape index (κ3) is 2.05. The van der Waals surface area contributed by atoms with Crippen LogP contribution < -0.4 is 5.32 Å². The normalized spacial score (nSPS) is 18.9. The van der Waals surface area contributed by atoms with Crippen LogP contribution >= 0.6 is 0 Å². The van der Waals surface area contributed by atoms with Crippen LogP contribution in [0.1, 0.15) is 29.7 Å². The number of hydrazone groups is 1. The van der Waals surface area contributed by atoms with Crippen molar-refractivity contribution < 1.29 is 18.0 Å². The average molecular weight is 271 g/mol. The van der Waals surface area contributed by atoms with Gasteiger partial charge in [-0.2, -0.15) is 18.3 Å². The second-order valence-corrected chi connectivity index (χ2v) is 4.29. The maximum atomic E-state index is 12.9. The molecule has 0 bridgehead atoms. The number of halogens is 3. The van der Waals surface area contributed by atoms with Gasteiger partial charge < -0.3 is 5.32 Å². The Bertz CT molecular complexity index is 554. The van der Waals surface area contributed by atoms with Gasteiger partial charge in [-0.1, -0.05) is 0 Å². The summed E-state index contributed by atoms with van der Waals surface area (Å²) in [5.41, 5.74) is 0.161. The van der Waals surface area contributed by atoms with E-state index in [2.05, 4.69) is 17.1 Å². The first-order chi connectivity index (χ1) is 8.77. The maximum absolute atomic E-state index is 12.9. The van der Waals surface area contributed by atoms with E-state index in [9.17, 15) is 18.0 Å². The monoisotopic (exact) mass is 271 g/mol. The van der Waals surface area contributed by atoms with Crippen molar-refractivity contribution in [3.8, 4) is 0 Å². The van der Waals surface area contributed by atoms with Gasteiger partial charge in [0.05, 0.1) is 11.6 Å². The van der Waals surface area contributed by atoms with Crippen LogP contribution in [0.5, 0.6) is 0 Å². The molecule has 4 nitrogen and oxygen atoms in total. The highest BCUT2D eigenvalue weighted by Crippen LogP contribution is 2.41. The van der Waals surface area contributed by atoms with E-state index in [1.54, 1.807) is 6.92 Å². The van der Waals surface area contributed by atoms with Crippen molar-refractivity contribution in [2.24, 2.45) is 5.10 Å². The van der Waals surface area contributed by atoms with Gasteiger partial charge in [0.25, 0.3) is 0 Å². The quantitative estimate of drug-likeness (QED) is 0.780. The first-order valence-corrected chi connectivity index (χ1v) is 5.55. The van der Waals surface area contributed by atoms with Gasteiger partial charge in [0.1, 0.15) is 0 Å². The number of hydrogen-bond donors (Lipinski definition) is 1. The molecule has 19 heavy (non-hydrogen) atoms. The van der Waals surface area contributed by atoms with Crippen LogP contribution in [0.3, 0.4) is 0 Å². The van der Waals surface area contributed by atoms with Crippen LogP contribution in [0.2, 0.25) is 0 Å². The molecule has 0 radical (unpaired) electrons. The molecular weight excluding hydrogens is 259 g/mol. The second kappa shape index (κ2) is 4.25. The lowest BCUT2D eigenvalue weighted by Crippen LogP contribution is -2.38. The third-order valence-electron chi connectivity index (χ3n) is 3.21. The minimum Gasteiger partial charge on any atom is -0.306 e. The molecular formula is C12H12F3N3O. The number of alkyl halides is 3. The molecule has 1 aromatic carbocycles. The summed E-state index contributed by atoms with van der Waals surface area (Å²) in [6, 6.07) is 1.13. The molecule has 0 saturated heterocycles. The Kier molecular flexibility index (Phi) is 3.00. The first-order valence-electron chi connectivity index (χ1n) is 5.55. The Hall–Kier alpha value is -2.05. The summed E-state index contributed by atoms with van der Waals surface area (Å²) in [6.07, 6.45) is -4.42. The van der Waals surface area contributed by atoms with E-state index >= 15 is 0 Å². The molecule has 102 valence electrons. The van der Waals surface area contributed by atoms with Crippen molar-refractivity contribution in [3.05, 3.63) is 28.8 Å². The third-order valence-corrected chi connectivity index (χ3v) is 3.21. The Labute approximate surface area is 107 Å². The SMILES string of the molecule is C=NN1C(=O)Nc2ccc(C(F)(F)F)c(C)c2C1C. The number of nitrogens with zero attached hydrogens (tertiary/aromatic N) is 2. The van der Waals surface area contributed by atoms with Crippen molar-refractivity contribution in [1.82, 2.24) is 5.01 Å². The summed E-state index contributed by atoms with van der Waals surface area (Å²) in [5.74, 6) is 0. The molecule has 1 heterocycles. The van der Waals surface area contributed by atoms with Crippen LogP contribution in [0.4, 0.5) is 23.7 Å². The molecule has 0 spiro atoms. The van der Waals surface area contributed by atoms with Crippen LogP contribution in [0, 0.1) is 6.92 Å².